The zero-order valence-electron chi connectivity index (χ0n) is 10.5. The lowest BCUT2D eigenvalue weighted by molar-refractivity contribution is 0.307. The van der Waals surface area contributed by atoms with Gasteiger partial charge in [0.15, 0.2) is 0 Å². The summed E-state index contributed by atoms with van der Waals surface area (Å²) in [5.41, 5.74) is 0.336. The third-order valence-corrected chi connectivity index (χ3v) is 4.32. The molecular formula is C15H10BrClF2O. The molecule has 3 rings (SSSR count). The van der Waals surface area contributed by atoms with Gasteiger partial charge in [0.05, 0.1) is 5.02 Å². The van der Waals surface area contributed by atoms with Gasteiger partial charge in [-0.15, -0.1) is 0 Å². The van der Waals surface area contributed by atoms with Crippen molar-refractivity contribution in [3.05, 3.63) is 68.7 Å². The predicted molar refractivity (Wildman–Crippen MR) is 76.7 cm³/mol. The molecule has 0 spiro atoms. The van der Waals surface area contributed by atoms with Crippen molar-refractivity contribution in [2.24, 2.45) is 0 Å². The first-order chi connectivity index (χ1) is 9.41. The summed E-state index contributed by atoms with van der Waals surface area (Å²) in [4.78, 5) is 0. The standard InChI is InChI=1S/C15H10BrClF2O/c1-15(10-4-3-9(16)7-12(10)18)14(20-15)8-2-5-11(17)13(19)6-8/h2-7,14H,1H3/t14-,15-/m1/s1. The Labute approximate surface area is 128 Å². The lowest BCUT2D eigenvalue weighted by Gasteiger charge is -2.09. The lowest BCUT2D eigenvalue weighted by Crippen LogP contribution is -2.07. The van der Waals surface area contributed by atoms with Gasteiger partial charge >= 0.3 is 0 Å². The first-order valence-electron chi connectivity index (χ1n) is 6.00. The van der Waals surface area contributed by atoms with Crippen LogP contribution in [0.15, 0.2) is 40.9 Å². The van der Waals surface area contributed by atoms with Crippen LogP contribution in [-0.2, 0) is 10.3 Å². The highest BCUT2D eigenvalue weighted by atomic mass is 79.9. The maximum atomic E-state index is 14.0. The molecule has 1 heterocycles. The van der Waals surface area contributed by atoms with Crippen molar-refractivity contribution in [2.75, 3.05) is 0 Å². The van der Waals surface area contributed by atoms with E-state index in [4.69, 9.17) is 16.3 Å². The first-order valence-corrected chi connectivity index (χ1v) is 7.17. The molecule has 0 saturated carbocycles. The lowest BCUT2D eigenvalue weighted by atomic mass is 9.93. The van der Waals surface area contributed by atoms with Crippen LogP contribution < -0.4 is 0 Å². The topological polar surface area (TPSA) is 12.5 Å². The van der Waals surface area contributed by atoms with Gasteiger partial charge < -0.3 is 4.74 Å². The van der Waals surface area contributed by atoms with Gasteiger partial charge in [0.25, 0.3) is 0 Å². The number of ether oxygens (including phenoxy) is 1. The highest BCUT2D eigenvalue weighted by molar-refractivity contribution is 9.10. The van der Waals surface area contributed by atoms with E-state index in [1.54, 1.807) is 25.1 Å². The van der Waals surface area contributed by atoms with Crippen LogP contribution in [-0.4, -0.2) is 0 Å². The molecule has 2 aromatic carbocycles. The molecule has 5 heteroatoms. The van der Waals surface area contributed by atoms with Crippen LogP contribution in [0.3, 0.4) is 0 Å². The van der Waals surface area contributed by atoms with Crippen molar-refractivity contribution in [1.82, 2.24) is 0 Å². The molecule has 2 aromatic rings. The second-order valence-corrected chi connectivity index (χ2v) is 6.23. The molecular weight excluding hydrogens is 350 g/mol. The fourth-order valence-corrected chi connectivity index (χ4v) is 2.82. The Morgan fingerprint density at radius 3 is 2.55 bits per heavy atom. The van der Waals surface area contributed by atoms with Crippen LogP contribution >= 0.6 is 27.5 Å². The average Bonchev–Trinajstić information content (AvgIpc) is 3.06. The summed E-state index contributed by atoms with van der Waals surface area (Å²) in [5, 5.41) is 0.0610. The molecule has 0 N–H and O–H groups in total. The van der Waals surface area contributed by atoms with Crippen molar-refractivity contribution >= 4 is 27.5 Å². The van der Waals surface area contributed by atoms with Crippen LogP contribution in [0.5, 0.6) is 0 Å². The number of epoxide rings is 1. The molecule has 1 aliphatic heterocycles. The Bertz CT molecular complexity index is 692. The zero-order chi connectivity index (χ0) is 14.5. The van der Waals surface area contributed by atoms with Gasteiger partial charge in [-0.3, -0.25) is 0 Å². The van der Waals surface area contributed by atoms with E-state index in [0.29, 0.717) is 15.6 Å². The Hall–Kier alpha value is -0.970. The van der Waals surface area contributed by atoms with Crippen molar-refractivity contribution < 1.29 is 13.5 Å². The zero-order valence-corrected chi connectivity index (χ0v) is 12.8. The average molecular weight is 360 g/mol. The monoisotopic (exact) mass is 358 g/mol. The van der Waals surface area contributed by atoms with Crippen LogP contribution in [0.4, 0.5) is 8.78 Å². The summed E-state index contributed by atoms with van der Waals surface area (Å²) < 4.78 is 33.8. The van der Waals surface area contributed by atoms with Gasteiger partial charge in [-0.1, -0.05) is 39.7 Å². The molecule has 0 radical (unpaired) electrons. The summed E-state index contributed by atoms with van der Waals surface area (Å²) in [6.45, 7) is 1.79. The van der Waals surface area contributed by atoms with Crippen molar-refractivity contribution in [1.29, 1.82) is 0 Å². The second kappa shape index (κ2) is 4.79. The smallest absolute Gasteiger partial charge is 0.142 e. The van der Waals surface area contributed by atoms with Gasteiger partial charge in [0, 0.05) is 10.0 Å². The molecule has 1 nitrogen and oxygen atoms in total. The van der Waals surface area contributed by atoms with Gasteiger partial charge in [-0.25, -0.2) is 8.78 Å². The number of hydrogen-bond donors (Lipinski definition) is 0. The highest BCUT2D eigenvalue weighted by Crippen LogP contribution is 2.57. The maximum Gasteiger partial charge on any atom is 0.142 e. The first kappa shape index (κ1) is 14.0. The molecule has 1 aliphatic rings. The summed E-state index contributed by atoms with van der Waals surface area (Å²) in [6.07, 6.45) is -0.370. The summed E-state index contributed by atoms with van der Waals surface area (Å²) in [5.74, 6) is -0.850. The van der Waals surface area contributed by atoms with Crippen molar-refractivity contribution in [3.8, 4) is 0 Å². The molecule has 104 valence electrons. The van der Waals surface area contributed by atoms with Gasteiger partial charge in [0.2, 0.25) is 0 Å². The van der Waals surface area contributed by atoms with E-state index in [0.717, 1.165) is 0 Å². The normalized spacial score (nSPS) is 24.8. The fourth-order valence-electron chi connectivity index (χ4n) is 2.37. The molecule has 1 fully saturated rings. The summed E-state index contributed by atoms with van der Waals surface area (Å²) in [6, 6.07) is 9.32. The largest absolute Gasteiger partial charge is 0.356 e. The number of benzene rings is 2. The predicted octanol–water partition coefficient (Wildman–Crippen LogP) is 5.37. The van der Waals surface area contributed by atoms with Crippen LogP contribution in [0.1, 0.15) is 24.2 Å². The highest BCUT2D eigenvalue weighted by Gasteiger charge is 2.55. The molecule has 0 unspecified atom stereocenters. The summed E-state index contributed by atoms with van der Waals surface area (Å²) >= 11 is 8.87. The molecule has 20 heavy (non-hydrogen) atoms. The van der Waals surface area contributed by atoms with Crippen LogP contribution in [0.2, 0.25) is 5.02 Å². The van der Waals surface area contributed by atoms with Gasteiger partial charge in [0.1, 0.15) is 23.3 Å². The number of rotatable bonds is 2. The van der Waals surface area contributed by atoms with E-state index < -0.39 is 11.4 Å². The molecule has 0 bridgehead atoms. The number of hydrogen-bond acceptors (Lipinski definition) is 1. The molecule has 1 saturated heterocycles. The van der Waals surface area contributed by atoms with Gasteiger partial charge in [-0.2, -0.15) is 0 Å². The molecule has 0 aliphatic carbocycles. The minimum atomic E-state index is -0.773. The van der Waals surface area contributed by atoms with Crippen LogP contribution in [0, 0.1) is 11.6 Å². The van der Waals surface area contributed by atoms with Crippen molar-refractivity contribution in [3.63, 3.8) is 0 Å². The minimum Gasteiger partial charge on any atom is -0.356 e. The Morgan fingerprint density at radius 1 is 1.15 bits per heavy atom. The van der Waals surface area contributed by atoms with E-state index in [1.165, 1.54) is 18.2 Å². The quantitative estimate of drug-likeness (QED) is 0.657. The molecule has 0 aromatic heterocycles. The Morgan fingerprint density at radius 2 is 1.90 bits per heavy atom. The van der Waals surface area contributed by atoms with E-state index in [-0.39, 0.29) is 16.9 Å². The van der Waals surface area contributed by atoms with Crippen LogP contribution in [0.25, 0.3) is 0 Å². The van der Waals surface area contributed by atoms with E-state index in [9.17, 15) is 8.78 Å². The molecule has 0 amide bonds. The fraction of sp³-hybridized carbons (Fsp3) is 0.200. The van der Waals surface area contributed by atoms with E-state index in [1.807, 2.05) is 0 Å². The van der Waals surface area contributed by atoms with E-state index >= 15 is 0 Å². The maximum absolute atomic E-state index is 14.0. The Balaban J connectivity index is 1.94. The third kappa shape index (κ3) is 2.26. The van der Waals surface area contributed by atoms with Gasteiger partial charge in [-0.05, 0) is 36.8 Å². The minimum absolute atomic E-state index is 0.0610. The molecule has 2 atom stereocenters. The Kier molecular flexibility index (Phi) is 3.35. The second-order valence-electron chi connectivity index (χ2n) is 4.90. The van der Waals surface area contributed by atoms with Crippen molar-refractivity contribution in [2.45, 2.75) is 18.6 Å². The van der Waals surface area contributed by atoms with E-state index in [2.05, 4.69) is 15.9 Å². The SMILES string of the molecule is C[C@]1(c2ccc(Br)cc2F)O[C@@H]1c1ccc(Cl)c(F)c1. The third-order valence-electron chi connectivity index (χ3n) is 3.52. The summed E-state index contributed by atoms with van der Waals surface area (Å²) in [7, 11) is 0. The number of halogens is 4.